The molecule has 0 saturated carbocycles. The maximum Gasteiger partial charge on any atom is 0.241 e. The van der Waals surface area contributed by atoms with Crippen molar-refractivity contribution in [1.29, 1.82) is 0 Å². The first-order chi connectivity index (χ1) is 11.9. The highest BCUT2D eigenvalue weighted by atomic mass is 32.2. The molecule has 4 nitrogen and oxygen atoms in total. The molecule has 0 amide bonds. The third kappa shape index (κ3) is 4.62. The van der Waals surface area contributed by atoms with E-state index in [9.17, 15) is 17.2 Å². The molecule has 7 heteroatoms. The Bertz CT molecular complexity index is 830. The lowest BCUT2D eigenvalue weighted by molar-refractivity contribution is 0.330. The highest BCUT2D eigenvalue weighted by Gasteiger charge is 2.18. The van der Waals surface area contributed by atoms with Crippen molar-refractivity contribution in [1.82, 2.24) is 9.62 Å². The summed E-state index contributed by atoms with van der Waals surface area (Å²) in [6.07, 6.45) is 2.36. The Morgan fingerprint density at radius 3 is 2.20 bits per heavy atom. The lowest BCUT2D eigenvalue weighted by Gasteiger charge is -2.17. The largest absolute Gasteiger partial charge is 0.299 e. The van der Waals surface area contributed by atoms with Crippen molar-refractivity contribution in [2.75, 3.05) is 13.1 Å². The molecule has 1 heterocycles. The summed E-state index contributed by atoms with van der Waals surface area (Å²) in [6.45, 7) is 2.93. The molecule has 0 spiro atoms. The highest BCUT2D eigenvalue weighted by Crippen LogP contribution is 2.18. The van der Waals surface area contributed by atoms with Gasteiger partial charge in [-0.25, -0.2) is 21.9 Å². The second-order valence-electron chi connectivity index (χ2n) is 6.18. The summed E-state index contributed by atoms with van der Waals surface area (Å²) in [5.74, 6) is -1.84. The van der Waals surface area contributed by atoms with Gasteiger partial charge in [0.15, 0.2) is 0 Å². The van der Waals surface area contributed by atoms with Crippen LogP contribution in [0.15, 0.2) is 47.4 Å². The number of nitrogens with one attached hydrogen (secondary N) is 1. The van der Waals surface area contributed by atoms with Crippen molar-refractivity contribution < 1.29 is 17.2 Å². The van der Waals surface area contributed by atoms with E-state index >= 15 is 0 Å². The first-order valence-electron chi connectivity index (χ1n) is 8.19. The van der Waals surface area contributed by atoms with Crippen LogP contribution in [0.4, 0.5) is 8.78 Å². The number of benzene rings is 2. The van der Waals surface area contributed by atoms with Gasteiger partial charge in [-0.3, -0.25) is 4.90 Å². The van der Waals surface area contributed by atoms with Crippen LogP contribution >= 0.6 is 0 Å². The Morgan fingerprint density at radius 2 is 1.56 bits per heavy atom. The summed E-state index contributed by atoms with van der Waals surface area (Å²) < 4.78 is 53.6. The van der Waals surface area contributed by atoms with Crippen LogP contribution in [0.25, 0.3) is 0 Å². The highest BCUT2D eigenvalue weighted by molar-refractivity contribution is 7.89. The molecule has 134 valence electrons. The Morgan fingerprint density at radius 1 is 0.960 bits per heavy atom. The zero-order valence-corrected chi connectivity index (χ0v) is 14.5. The van der Waals surface area contributed by atoms with E-state index in [-0.39, 0.29) is 6.54 Å². The molecule has 2 aromatic carbocycles. The average Bonchev–Trinajstić information content (AvgIpc) is 3.06. The van der Waals surface area contributed by atoms with Crippen molar-refractivity contribution in [2.24, 2.45) is 0 Å². The summed E-state index contributed by atoms with van der Waals surface area (Å²) in [6, 6.07) is 9.86. The predicted octanol–water partition coefficient (Wildman–Crippen LogP) is 3.04. The molecule has 1 aliphatic rings. The van der Waals surface area contributed by atoms with Gasteiger partial charge in [-0.05, 0) is 49.2 Å². The molecule has 1 aliphatic heterocycles. The average molecular weight is 366 g/mol. The van der Waals surface area contributed by atoms with Crippen molar-refractivity contribution in [2.45, 2.75) is 30.8 Å². The van der Waals surface area contributed by atoms with E-state index in [1.165, 1.54) is 12.8 Å². The van der Waals surface area contributed by atoms with Gasteiger partial charge in [-0.1, -0.05) is 24.3 Å². The van der Waals surface area contributed by atoms with E-state index in [1.807, 2.05) is 24.3 Å². The third-order valence-electron chi connectivity index (χ3n) is 4.31. The maximum absolute atomic E-state index is 13.3. The molecule has 0 atom stereocenters. The molecule has 2 aromatic rings. The van der Waals surface area contributed by atoms with Crippen molar-refractivity contribution in [3.63, 3.8) is 0 Å². The second kappa shape index (κ2) is 7.59. The van der Waals surface area contributed by atoms with Crippen molar-refractivity contribution in [3.05, 3.63) is 65.2 Å². The first kappa shape index (κ1) is 18.0. The Balaban J connectivity index is 1.74. The third-order valence-corrected chi connectivity index (χ3v) is 5.69. The zero-order chi connectivity index (χ0) is 17.9. The van der Waals surface area contributed by atoms with Crippen LogP contribution in [0.1, 0.15) is 24.0 Å². The molecule has 1 N–H and O–H groups in total. The molecule has 0 aromatic heterocycles. The first-order valence-corrected chi connectivity index (χ1v) is 9.67. The number of nitrogens with zero attached hydrogens (tertiary/aromatic N) is 1. The summed E-state index contributed by atoms with van der Waals surface area (Å²) in [7, 11) is -3.99. The number of likely N-dealkylation sites (tertiary alicyclic amines) is 1. The minimum atomic E-state index is -3.99. The Labute approximate surface area is 146 Å². The quantitative estimate of drug-likeness (QED) is 0.855. The van der Waals surface area contributed by atoms with E-state index in [4.69, 9.17) is 0 Å². The summed E-state index contributed by atoms with van der Waals surface area (Å²) in [5.41, 5.74) is 1.91. The van der Waals surface area contributed by atoms with Crippen LogP contribution in [0.2, 0.25) is 0 Å². The van der Waals surface area contributed by atoms with Gasteiger partial charge in [-0.2, -0.15) is 0 Å². The molecule has 0 bridgehead atoms. The lowest BCUT2D eigenvalue weighted by Crippen LogP contribution is -2.25. The maximum atomic E-state index is 13.3. The van der Waals surface area contributed by atoms with Crippen LogP contribution in [-0.4, -0.2) is 26.4 Å². The van der Waals surface area contributed by atoms with E-state index < -0.39 is 26.6 Å². The van der Waals surface area contributed by atoms with Gasteiger partial charge in [0, 0.05) is 19.2 Å². The minimum Gasteiger partial charge on any atom is -0.299 e. The van der Waals surface area contributed by atoms with Gasteiger partial charge in [0.25, 0.3) is 0 Å². The second-order valence-corrected chi connectivity index (χ2v) is 7.95. The number of hydrogen-bond donors (Lipinski definition) is 1. The van der Waals surface area contributed by atoms with Crippen LogP contribution in [0, 0.1) is 11.6 Å². The smallest absolute Gasteiger partial charge is 0.241 e. The molecule has 0 aliphatic carbocycles. The van der Waals surface area contributed by atoms with E-state index in [0.717, 1.165) is 42.9 Å². The van der Waals surface area contributed by atoms with Gasteiger partial charge < -0.3 is 0 Å². The molecule has 0 unspecified atom stereocenters. The van der Waals surface area contributed by atoms with Crippen LogP contribution in [0.3, 0.4) is 0 Å². The Kier molecular flexibility index (Phi) is 5.46. The zero-order valence-electron chi connectivity index (χ0n) is 13.7. The summed E-state index contributed by atoms with van der Waals surface area (Å²) in [4.78, 5) is 1.91. The van der Waals surface area contributed by atoms with Crippen molar-refractivity contribution >= 4 is 10.0 Å². The van der Waals surface area contributed by atoms with Gasteiger partial charge in [0.05, 0.1) is 4.90 Å². The van der Waals surface area contributed by atoms with Gasteiger partial charge in [-0.15, -0.1) is 0 Å². The number of sulfonamides is 1. The van der Waals surface area contributed by atoms with E-state index in [2.05, 4.69) is 9.62 Å². The lowest BCUT2D eigenvalue weighted by atomic mass is 10.1. The predicted molar refractivity (Wildman–Crippen MR) is 91.3 cm³/mol. The molecular weight excluding hydrogens is 346 g/mol. The number of rotatable bonds is 6. The molecule has 25 heavy (non-hydrogen) atoms. The number of hydrogen-bond acceptors (Lipinski definition) is 3. The SMILES string of the molecule is O=S(=O)(NCc1ccccc1CN1CCCC1)c1cc(F)cc(F)c1. The summed E-state index contributed by atoms with van der Waals surface area (Å²) in [5, 5.41) is 0. The topological polar surface area (TPSA) is 49.4 Å². The van der Waals surface area contributed by atoms with Crippen molar-refractivity contribution in [3.8, 4) is 0 Å². The molecule has 1 fully saturated rings. The standard InChI is InChI=1S/C18H20F2N2O2S/c19-16-9-17(20)11-18(10-16)25(23,24)21-12-14-5-1-2-6-15(14)13-22-7-3-4-8-22/h1-2,5-6,9-11,21H,3-4,7-8,12-13H2. The fourth-order valence-corrected chi connectivity index (χ4v) is 4.05. The van der Waals surface area contributed by atoms with E-state index in [1.54, 1.807) is 0 Å². The van der Waals surface area contributed by atoms with Crippen LogP contribution in [-0.2, 0) is 23.1 Å². The summed E-state index contributed by atoms with van der Waals surface area (Å²) >= 11 is 0. The Hall–Kier alpha value is -1.83. The molecular formula is C18H20F2N2O2S. The fourth-order valence-electron chi connectivity index (χ4n) is 3.01. The van der Waals surface area contributed by atoms with Gasteiger partial charge in [0.1, 0.15) is 11.6 Å². The fraction of sp³-hybridized carbons (Fsp3) is 0.333. The molecule has 0 radical (unpaired) electrons. The molecule has 3 rings (SSSR count). The van der Waals surface area contributed by atoms with Gasteiger partial charge in [0.2, 0.25) is 10.0 Å². The van der Waals surface area contributed by atoms with Crippen LogP contribution < -0.4 is 4.72 Å². The minimum absolute atomic E-state index is 0.0739. The molecule has 1 saturated heterocycles. The van der Waals surface area contributed by atoms with Gasteiger partial charge >= 0.3 is 0 Å². The normalized spacial score (nSPS) is 15.6. The monoisotopic (exact) mass is 366 g/mol. The van der Waals surface area contributed by atoms with Crippen LogP contribution in [0.5, 0.6) is 0 Å². The van der Waals surface area contributed by atoms with E-state index in [0.29, 0.717) is 6.07 Å². The number of halogens is 2.